The molecule has 2 heterocycles. The molecule has 0 spiro atoms. The van der Waals surface area contributed by atoms with Gasteiger partial charge in [-0.15, -0.1) is 0 Å². The topological polar surface area (TPSA) is 38.2 Å². The molecule has 0 saturated carbocycles. The van der Waals surface area contributed by atoms with Crippen molar-refractivity contribution in [2.45, 2.75) is 19.4 Å². The van der Waals surface area contributed by atoms with Crippen molar-refractivity contribution in [1.82, 2.24) is 9.97 Å². The third-order valence-corrected chi connectivity index (χ3v) is 3.61. The molecule has 0 bridgehead atoms. The van der Waals surface area contributed by atoms with Gasteiger partial charge in [0.25, 0.3) is 0 Å². The first-order chi connectivity index (χ1) is 8.61. The molecule has 0 aliphatic carbocycles. The maximum Gasteiger partial charge on any atom is 0.226 e. The van der Waals surface area contributed by atoms with Crippen LogP contribution in [0.15, 0.2) is 24.3 Å². The van der Waals surface area contributed by atoms with Crippen LogP contribution in [0.1, 0.15) is 12.6 Å². The Balaban J connectivity index is 1.95. The van der Waals surface area contributed by atoms with Gasteiger partial charge in [-0.1, -0.05) is 18.2 Å². The number of rotatable bonds is 2. The Bertz CT molecular complexity index is 591. The van der Waals surface area contributed by atoms with Crippen LogP contribution in [0.5, 0.6) is 0 Å². The van der Waals surface area contributed by atoms with Crippen molar-refractivity contribution in [1.29, 1.82) is 0 Å². The van der Waals surface area contributed by atoms with Gasteiger partial charge in [0.05, 0.1) is 24.3 Å². The molecule has 4 heteroatoms. The fourth-order valence-electron chi connectivity index (χ4n) is 2.39. The number of aromatic nitrogens is 2. The minimum atomic E-state index is -0.0527. The predicted molar refractivity (Wildman–Crippen MR) is 71.9 cm³/mol. The van der Waals surface area contributed by atoms with E-state index in [1.54, 1.807) is 7.11 Å². The van der Waals surface area contributed by atoms with Gasteiger partial charge in [0, 0.05) is 12.5 Å². The lowest BCUT2D eigenvalue weighted by atomic mass is 9.97. The molecule has 1 aliphatic heterocycles. The highest BCUT2D eigenvalue weighted by Gasteiger charge is 2.40. The van der Waals surface area contributed by atoms with Crippen LogP contribution in [0.4, 0.5) is 5.95 Å². The first-order valence-electron chi connectivity index (χ1n) is 6.15. The van der Waals surface area contributed by atoms with Crippen molar-refractivity contribution in [3.8, 4) is 0 Å². The van der Waals surface area contributed by atoms with E-state index in [0.29, 0.717) is 0 Å². The average Bonchev–Trinajstić information content (AvgIpc) is 2.35. The fourth-order valence-corrected chi connectivity index (χ4v) is 2.39. The van der Waals surface area contributed by atoms with Crippen molar-refractivity contribution in [2.75, 3.05) is 25.1 Å². The lowest BCUT2D eigenvalue weighted by molar-refractivity contribution is -0.0175. The van der Waals surface area contributed by atoms with E-state index >= 15 is 0 Å². The molecule has 3 rings (SSSR count). The molecule has 18 heavy (non-hydrogen) atoms. The molecule has 1 saturated heterocycles. The van der Waals surface area contributed by atoms with E-state index in [4.69, 9.17) is 4.74 Å². The Morgan fingerprint density at radius 1 is 1.22 bits per heavy atom. The molecule has 1 aromatic carbocycles. The van der Waals surface area contributed by atoms with E-state index in [1.807, 2.05) is 25.1 Å². The summed E-state index contributed by atoms with van der Waals surface area (Å²) in [6, 6.07) is 8.12. The number of fused-ring (bicyclic) bond motifs is 1. The van der Waals surface area contributed by atoms with Gasteiger partial charge in [0.1, 0.15) is 5.60 Å². The zero-order valence-electron chi connectivity index (χ0n) is 11.0. The minimum Gasteiger partial charge on any atom is -0.375 e. The molecule has 0 N–H and O–H groups in total. The van der Waals surface area contributed by atoms with Gasteiger partial charge in [-0.3, -0.25) is 0 Å². The van der Waals surface area contributed by atoms with Gasteiger partial charge in [-0.25, -0.2) is 9.97 Å². The van der Waals surface area contributed by atoms with E-state index in [-0.39, 0.29) is 5.60 Å². The Kier molecular flexibility index (Phi) is 2.48. The minimum absolute atomic E-state index is 0.0527. The second-order valence-corrected chi connectivity index (χ2v) is 5.14. The van der Waals surface area contributed by atoms with E-state index < -0.39 is 0 Å². The zero-order valence-corrected chi connectivity index (χ0v) is 11.0. The number of benzene rings is 1. The number of para-hydroxylation sites is 1. The lowest BCUT2D eigenvalue weighted by Gasteiger charge is -2.46. The highest BCUT2D eigenvalue weighted by Crippen LogP contribution is 2.28. The van der Waals surface area contributed by atoms with Crippen LogP contribution < -0.4 is 4.90 Å². The summed E-state index contributed by atoms with van der Waals surface area (Å²) in [5, 5.41) is 1.12. The quantitative estimate of drug-likeness (QED) is 0.810. The Labute approximate surface area is 107 Å². The predicted octanol–water partition coefficient (Wildman–Crippen LogP) is 2.16. The molecule has 1 aromatic heterocycles. The molecule has 0 atom stereocenters. The molecular formula is C14H17N3O. The third-order valence-electron chi connectivity index (χ3n) is 3.61. The van der Waals surface area contributed by atoms with Crippen LogP contribution in [-0.4, -0.2) is 35.8 Å². The SMILES string of the molecule is COC1(C)CN(c2nc(C)c3ccccc3n2)C1. The Morgan fingerprint density at radius 3 is 2.67 bits per heavy atom. The summed E-state index contributed by atoms with van der Waals surface area (Å²) < 4.78 is 5.45. The molecule has 1 aliphatic rings. The summed E-state index contributed by atoms with van der Waals surface area (Å²) in [7, 11) is 1.75. The van der Waals surface area contributed by atoms with E-state index in [9.17, 15) is 0 Å². The fraction of sp³-hybridized carbons (Fsp3) is 0.429. The Hall–Kier alpha value is -1.68. The standard InChI is InChI=1S/C14H17N3O/c1-10-11-6-4-5-7-12(11)16-13(15-10)17-8-14(2,9-17)18-3/h4-7H,8-9H2,1-3H3. The number of anilines is 1. The van der Waals surface area contributed by atoms with E-state index in [2.05, 4.69) is 27.9 Å². The van der Waals surface area contributed by atoms with E-state index in [0.717, 1.165) is 35.6 Å². The molecule has 2 aromatic rings. The van der Waals surface area contributed by atoms with Crippen LogP contribution in [0.25, 0.3) is 10.9 Å². The van der Waals surface area contributed by atoms with Gasteiger partial charge in [-0.2, -0.15) is 0 Å². The maximum atomic E-state index is 5.45. The first kappa shape index (κ1) is 11.4. The normalized spacial score (nSPS) is 17.8. The largest absolute Gasteiger partial charge is 0.375 e. The average molecular weight is 243 g/mol. The molecular weight excluding hydrogens is 226 g/mol. The number of ether oxygens (including phenoxy) is 1. The molecule has 94 valence electrons. The number of nitrogens with zero attached hydrogens (tertiary/aromatic N) is 3. The van der Waals surface area contributed by atoms with Crippen LogP contribution >= 0.6 is 0 Å². The summed E-state index contributed by atoms with van der Waals surface area (Å²) in [4.78, 5) is 11.4. The highest BCUT2D eigenvalue weighted by atomic mass is 16.5. The molecule has 1 fully saturated rings. The Morgan fingerprint density at radius 2 is 1.94 bits per heavy atom. The van der Waals surface area contributed by atoms with Crippen molar-refractivity contribution < 1.29 is 4.74 Å². The maximum absolute atomic E-state index is 5.45. The second kappa shape index (κ2) is 3.92. The van der Waals surface area contributed by atoms with Crippen LogP contribution in [0, 0.1) is 6.92 Å². The lowest BCUT2D eigenvalue weighted by Crippen LogP contribution is -2.61. The monoisotopic (exact) mass is 243 g/mol. The molecule has 4 nitrogen and oxygen atoms in total. The van der Waals surface area contributed by atoms with Gasteiger partial charge in [0.2, 0.25) is 5.95 Å². The second-order valence-electron chi connectivity index (χ2n) is 5.14. The van der Waals surface area contributed by atoms with Crippen molar-refractivity contribution in [2.24, 2.45) is 0 Å². The van der Waals surface area contributed by atoms with Gasteiger partial charge in [0.15, 0.2) is 0 Å². The summed E-state index contributed by atoms with van der Waals surface area (Å²) in [5.74, 6) is 0.806. The summed E-state index contributed by atoms with van der Waals surface area (Å²) >= 11 is 0. The van der Waals surface area contributed by atoms with Crippen molar-refractivity contribution in [3.05, 3.63) is 30.0 Å². The van der Waals surface area contributed by atoms with Gasteiger partial charge < -0.3 is 9.64 Å². The summed E-state index contributed by atoms with van der Waals surface area (Å²) in [5.41, 5.74) is 1.98. The summed E-state index contributed by atoms with van der Waals surface area (Å²) in [6.45, 7) is 5.84. The smallest absolute Gasteiger partial charge is 0.226 e. The molecule has 0 unspecified atom stereocenters. The first-order valence-corrected chi connectivity index (χ1v) is 6.15. The molecule has 0 radical (unpaired) electrons. The van der Waals surface area contributed by atoms with Crippen LogP contribution in [0.3, 0.4) is 0 Å². The van der Waals surface area contributed by atoms with Crippen molar-refractivity contribution >= 4 is 16.9 Å². The number of aryl methyl sites for hydroxylation is 1. The van der Waals surface area contributed by atoms with Gasteiger partial charge >= 0.3 is 0 Å². The molecule has 0 amide bonds. The zero-order chi connectivity index (χ0) is 12.8. The highest BCUT2D eigenvalue weighted by molar-refractivity contribution is 5.81. The van der Waals surface area contributed by atoms with E-state index in [1.165, 1.54) is 0 Å². The number of methoxy groups -OCH3 is 1. The van der Waals surface area contributed by atoms with Crippen LogP contribution in [0.2, 0.25) is 0 Å². The number of hydrogen-bond acceptors (Lipinski definition) is 4. The number of hydrogen-bond donors (Lipinski definition) is 0. The van der Waals surface area contributed by atoms with Crippen LogP contribution in [-0.2, 0) is 4.74 Å². The van der Waals surface area contributed by atoms with Crippen molar-refractivity contribution in [3.63, 3.8) is 0 Å². The third kappa shape index (κ3) is 1.73. The van der Waals surface area contributed by atoms with Gasteiger partial charge in [-0.05, 0) is 19.9 Å². The summed E-state index contributed by atoms with van der Waals surface area (Å²) in [6.07, 6.45) is 0.